The van der Waals surface area contributed by atoms with Crippen LogP contribution in [-0.2, 0) is 7.05 Å². The van der Waals surface area contributed by atoms with Crippen molar-refractivity contribution in [1.82, 2.24) is 19.7 Å². The second kappa shape index (κ2) is 4.51. The molecular formula is C13H12ClN5. The number of aromatic nitrogens is 4. The van der Waals surface area contributed by atoms with E-state index in [0.717, 1.165) is 22.3 Å². The largest absolute Gasteiger partial charge is 0.324 e. The number of hydrogen-bond donors (Lipinski definition) is 1. The molecule has 3 aromatic rings. The lowest BCUT2D eigenvalue weighted by atomic mass is 10.2. The van der Waals surface area contributed by atoms with E-state index in [-0.39, 0.29) is 0 Å². The second-order valence-electron chi connectivity index (χ2n) is 4.27. The van der Waals surface area contributed by atoms with E-state index in [4.69, 9.17) is 11.6 Å². The van der Waals surface area contributed by atoms with E-state index >= 15 is 0 Å². The summed E-state index contributed by atoms with van der Waals surface area (Å²) >= 11 is 5.82. The van der Waals surface area contributed by atoms with Crippen molar-refractivity contribution in [1.29, 1.82) is 0 Å². The Kier molecular flexibility index (Phi) is 2.83. The monoisotopic (exact) mass is 273 g/mol. The quantitative estimate of drug-likeness (QED) is 0.729. The molecule has 3 rings (SSSR count). The molecule has 0 bridgehead atoms. The third-order valence-corrected chi connectivity index (χ3v) is 3.22. The van der Waals surface area contributed by atoms with E-state index in [1.807, 2.05) is 36.9 Å². The molecular weight excluding hydrogens is 262 g/mol. The van der Waals surface area contributed by atoms with Gasteiger partial charge in [-0.05, 0) is 31.2 Å². The van der Waals surface area contributed by atoms with Gasteiger partial charge in [0.1, 0.15) is 5.15 Å². The summed E-state index contributed by atoms with van der Waals surface area (Å²) in [6.07, 6.45) is 1.61. The van der Waals surface area contributed by atoms with Crippen LogP contribution < -0.4 is 5.32 Å². The van der Waals surface area contributed by atoms with Crippen LogP contribution in [0.3, 0.4) is 0 Å². The van der Waals surface area contributed by atoms with Crippen LogP contribution in [0.15, 0.2) is 30.5 Å². The van der Waals surface area contributed by atoms with Gasteiger partial charge in [-0.15, -0.1) is 0 Å². The van der Waals surface area contributed by atoms with Crippen LogP contribution in [-0.4, -0.2) is 19.7 Å². The Bertz CT molecular complexity index is 750. The molecule has 5 nitrogen and oxygen atoms in total. The van der Waals surface area contributed by atoms with Gasteiger partial charge in [0, 0.05) is 30.0 Å². The van der Waals surface area contributed by atoms with Crippen LogP contribution in [0.25, 0.3) is 10.9 Å². The summed E-state index contributed by atoms with van der Waals surface area (Å²) in [7, 11) is 1.93. The summed E-state index contributed by atoms with van der Waals surface area (Å²) in [5, 5.41) is 9.10. The minimum atomic E-state index is 0.409. The zero-order valence-corrected chi connectivity index (χ0v) is 11.3. The number of nitrogens with one attached hydrogen (secondary N) is 1. The topological polar surface area (TPSA) is 55.6 Å². The number of aryl methyl sites for hydroxylation is 2. The summed E-state index contributed by atoms with van der Waals surface area (Å²) in [4.78, 5) is 8.19. The number of benzene rings is 1. The highest BCUT2D eigenvalue weighted by Crippen LogP contribution is 2.22. The van der Waals surface area contributed by atoms with Gasteiger partial charge in [-0.2, -0.15) is 5.10 Å². The van der Waals surface area contributed by atoms with Gasteiger partial charge >= 0.3 is 0 Å². The fourth-order valence-corrected chi connectivity index (χ4v) is 2.07. The third-order valence-electron chi connectivity index (χ3n) is 3.01. The Morgan fingerprint density at radius 3 is 2.89 bits per heavy atom. The van der Waals surface area contributed by atoms with Crippen LogP contribution in [0, 0.1) is 6.92 Å². The second-order valence-corrected chi connectivity index (χ2v) is 4.66. The molecule has 0 radical (unpaired) electrons. The van der Waals surface area contributed by atoms with Crippen molar-refractivity contribution in [2.75, 3.05) is 5.32 Å². The highest BCUT2D eigenvalue weighted by Gasteiger charge is 2.06. The predicted octanol–water partition coefficient (Wildman–Crippen LogP) is 3.07. The Labute approximate surface area is 115 Å². The average molecular weight is 274 g/mol. The van der Waals surface area contributed by atoms with Gasteiger partial charge in [0.05, 0.1) is 5.52 Å². The molecule has 6 heteroatoms. The van der Waals surface area contributed by atoms with Crippen molar-refractivity contribution in [3.05, 3.63) is 41.3 Å². The molecule has 2 heterocycles. The summed E-state index contributed by atoms with van der Waals surface area (Å²) in [5.41, 5.74) is 2.96. The van der Waals surface area contributed by atoms with Crippen molar-refractivity contribution in [3.63, 3.8) is 0 Å². The predicted molar refractivity (Wildman–Crippen MR) is 75.8 cm³/mol. The fraction of sp³-hybridized carbons (Fsp3) is 0.154. The van der Waals surface area contributed by atoms with Crippen LogP contribution in [0.2, 0.25) is 5.15 Å². The van der Waals surface area contributed by atoms with Crippen LogP contribution >= 0.6 is 11.6 Å². The van der Waals surface area contributed by atoms with E-state index < -0.39 is 0 Å². The number of nitrogens with zero attached hydrogens (tertiary/aromatic N) is 4. The molecule has 0 amide bonds. The van der Waals surface area contributed by atoms with Crippen LogP contribution in [0.1, 0.15) is 5.69 Å². The maximum Gasteiger partial charge on any atom is 0.228 e. The highest BCUT2D eigenvalue weighted by atomic mass is 35.5. The van der Waals surface area contributed by atoms with Crippen molar-refractivity contribution >= 4 is 34.1 Å². The number of fused-ring (bicyclic) bond motifs is 1. The van der Waals surface area contributed by atoms with Crippen LogP contribution in [0.5, 0.6) is 0 Å². The Balaban J connectivity index is 1.97. The lowest BCUT2D eigenvalue weighted by Crippen LogP contribution is -1.96. The SMILES string of the molecule is Cc1c2ccc(Nc3nccc(Cl)n3)cc2nn1C. The maximum absolute atomic E-state index is 5.82. The summed E-state index contributed by atoms with van der Waals surface area (Å²) in [5.74, 6) is 0.472. The molecule has 0 aliphatic carbocycles. The fourth-order valence-electron chi connectivity index (χ4n) is 1.94. The number of anilines is 2. The first-order valence-electron chi connectivity index (χ1n) is 5.82. The number of rotatable bonds is 2. The number of hydrogen-bond acceptors (Lipinski definition) is 4. The molecule has 0 atom stereocenters. The summed E-state index contributed by atoms with van der Waals surface area (Å²) < 4.78 is 1.87. The van der Waals surface area contributed by atoms with Gasteiger partial charge in [0.2, 0.25) is 5.95 Å². The van der Waals surface area contributed by atoms with Gasteiger partial charge in [-0.3, -0.25) is 4.68 Å². The van der Waals surface area contributed by atoms with E-state index in [0.29, 0.717) is 11.1 Å². The molecule has 1 aromatic carbocycles. The maximum atomic E-state index is 5.82. The molecule has 0 saturated heterocycles. The van der Waals surface area contributed by atoms with Crippen molar-refractivity contribution in [2.24, 2.45) is 7.05 Å². The van der Waals surface area contributed by atoms with Crippen molar-refractivity contribution in [3.8, 4) is 0 Å². The molecule has 96 valence electrons. The summed E-state index contributed by atoms with van der Waals surface area (Å²) in [6, 6.07) is 7.61. The lowest BCUT2D eigenvalue weighted by Gasteiger charge is -2.04. The molecule has 2 aromatic heterocycles. The highest BCUT2D eigenvalue weighted by molar-refractivity contribution is 6.29. The van der Waals surface area contributed by atoms with Crippen LogP contribution in [0.4, 0.5) is 11.6 Å². The Morgan fingerprint density at radius 1 is 1.26 bits per heavy atom. The van der Waals surface area contributed by atoms with E-state index in [1.54, 1.807) is 12.3 Å². The summed E-state index contributed by atoms with van der Waals surface area (Å²) in [6.45, 7) is 2.04. The molecule has 0 spiro atoms. The third kappa shape index (κ3) is 2.24. The van der Waals surface area contributed by atoms with Gasteiger partial charge in [-0.1, -0.05) is 11.6 Å². The van der Waals surface area contributed by atoms with Gasteiger partial charge in [0.25, 0.3) is 0 Å². The minimum Gasteiger partial charge on any atom is -0.324 e. The minimum absolute atomic E-state index is 0.409. The van der Waals surface area contributed by atoms with E-state index in [1.165, 1.54) is 0 Å². The smallest absolute Gasteiger partial charge is 0.228 e. The first-order chi connectivity index (χ1) is 9.13. The Morgan fingerprint density at radius 2 is 2.11 bits per heavy atom. The normalized spacial score (nSPS) is 10.9. The molecule has 0 aliphatic rings. The zero-order valence-electron chi connectivity index (χ0n) is 10.6. The van der Waals surface area contributed by atoms with Crippen molar-refractivity contribution in [2.45, 2.75) is 6.92 Å². The molecule has 0 unspecified atom stereocenters. The molecule has 19 heavy (non-hydrogen) atoms. The first-order valence-corrected chi connectivity index (χ1v) is 6.20. The molecule has 1 N–H and O–H groups in total. The van der Waals surface area contributed by atoms with Gasteiger partial charge in [-0.25, -0.2) is 9.97 Å². The van der Waals surface area contributed by atoms with E-state index in [2.05, 4.69) is 20.4 Å². The molecule has 0 fully saturated rings. The lowest BCUT2D eigenvalue weighted by molar-refractivity contribution is 0.751. The zero-order chi connectivity index (χ0) is 13.4. The van der Waals surface area contributed by atoms with Gasteiger partial charge in [0.15, 0.2) is 0 Å². The van der Waals surface area contributed by atoms with E-state index in [9.17, 15) is 0 Å². The molecule has 0 saturated carbocycles. The van der Waals surface area contributed by atoms with Gasteiger partial charge < -0.3 is 5.32 Å². The standard InChI is InChI=1S/C13H12ClN5/c1-8-10-4-3-9(7-11(10)18-19(8)2)16-13-15-6-5-12(14)17-13/h3-7H,1-2H3,(H,15,16,17). The average Bonchev–Trinajstić information content (AvgIpc) is 2.65. The Hall–Kier alpha value is -2.14. The number of halogens is 1. The first kappa shape index (κ1) is 11.9. The van der Waals surface area contributed by atoms with Crippen molar-refractivity contribution < 1.29 is 0 Å². The molecule has 0 aliphatic heterocycles.